The Hall–Kier alpha value is -3.02. The minimum absolute atomic E-state index is 0.265. The molecule has 2 aromatic carbocycles. The summed E-state index contributed by atoms with van der Waals surface area (Å²) in [4.78, 5) is 40.0. The Bertz CT molecular complexity index is 1000. The number of benzene rings is 2. The summed E-state index contributed by atoms with van der Waals surface area (Å²) >= 11 is 0. The number of nitrogens with one attached hydrogen (secondary N) is 1. The third-order valence-electron chi connectivity index (χ3n) is 6.14. The molecule has 1 aliphatic carbocycles. The Morgan fingerprint density at radius 3 is 2.57 bits per heavy atom. The van der Waals surface area contributed by atoms with Gasteiger partial charge in [0.15, 0.2) is 5.78 Å². The van der Waals surface area contributed by atoms with E-state index in [1.807, 2.05) is 19.1 Å². The lowest BCUT2D eigenvalue weighted by Crippen LogP contribution is -2.44. The molecule has 1 aliphatic heterocycles. The maximum Gasteiger partial charge on any atom is 0.325 e. The first-order valence-corrected chi connectivity index (χ1v) is 10.5. The third-order valence-corrected chi connectivity index (χ3v) is 6.14. The number of imide groups is 1. The molecule has 156 valence electrons. The molecule has 1 unspecified atom stereocenters. The summed E-state index contributed by atoms with van der Waals surface area (Å²) in [6.45, 7) is 1.69. The molecule has 1 fully saturated rings. The monoisotopic (exact) mass is 408 g/mol. The van der Waals surface area contributed by atoms with Crippen LogP contribution < -0.4 is 5.32 Å². The number of carbonyl (C=O) groups is 3. The summed E-state index contributed by atoms with van der Waals surface area (Å²) < 4.78 is 13.4. The van der Waals surface area contributed by atoms with Crippen molar-refractivity contribution in [3.05, 3.63) is 70.5 Å². The Kier molecular flexibility index (Phi) is 5.41. The van der Waals surface area contributed by atoms with Crippen LogP contribution in [0.5, 0.6) is 0 Å². The van der Waals surface area contributed by atoms with Gasteiger partial charge >= 0.3 is 6.03 Å². The van der Waals surface area contributed by atoms with Crippen LogP contribution in [0.1, 0.15) is 59.7 Å². The molecule has 5 nitrogen and oxygen atoms in total. The second kappa shape index (κ2) is 8.01. The predicted molar refractivity (Wildman–Crippen MR) is 111 cm³/mol. The minimum Gasteiger partial charge on any atom is -0.319 e. The fraction of sp³-hybridized carbons (Fsp3) is 0.375. The van der Waals surface area contributed by atoms with Gasteiger partial charge in [0.05, 0.1) is 6.54 Å². The van der Waals surface area contributed by atoms with Crippen molar-refractivity contribution in [1.82, 2.24) is 10.2 Å². The van der Waals surface area contributed by atoms with Gasteiger partial charge in [-0.05, 0) is 60.6 Å². The predicted octanol–water partition coefficient (Wildman–Crippen LogP) is 4.13. The highest BCUT2D eigenvalue weighted by molar-refractivity contribution is 6.11. The van der Waals surface area contributed by atoms with Gasteiger partial charge in [-0.25, -0.2) is 9.18 Å². The molecule has 2 aliphatic rings. The van der Waals surface area contributed by atoms with E-state index in [-0.39, 0.29) is 12.3 Å². The van der Waals surface area contributed by atoms with Crippen LogP contribution in [0.4, 0.5) is 9.18 Å². The van der Waals surface area contributed by atoms with Gasteiger partial charge in [0.25, 0.3) is 5.91 Å². The fourth-order valence-electron chi connectivity index (χ4n) is 4.44. The number of unbranched alkanes of at least 4 members (excludes halogenated alkanes) is 1. The van der Waals surface area contributed by atoms with E-state index in [4.69, 9.17) is 0 Å². The van der Waals surface area contributed by atoms with Crippen LogP contribution in [-0.2, 0) is 23.2 Å². The van der Waals surface area contributed by atoms with Gasteiger partial charge in [-0.1, -0.05) is 44.0 Å². The van der Waals surface area contributed by atoms with Crippen LogP contribution in [0.3, 0.4) is 0 Å². The third kappa shape index (κ3) is 3.51. The van der Waals surface area contributed by atoms with Crippen LogP contribution >= 0.6 is 0 Å². The van der Waals surface area contributed by atoms with E-state index < -0.39 is 23.3 Å². The van der Waals surface area contributed by atoms with Gasteiger partial charge in [-0.15, -0.1) is 0 Å². The van der Waals surface area contributed by atoms with E-state index in [0.29, 0.717) is 24.0 Å². The summed E-state index contributed by atoms with van der Waals surface area (Å²) in [5.74, 6) is -1.13. The van der Waals surface area contributed by atoms with Crippen LogP contribution in [0.25, 0.3) is 0 Å². The van der Waals surface area contributed by atoms with Gasteiger partial charge < -0.3 is 5.32 Å². The number of hydrogen-bond acceptors (Lipinski definition) is 3. The number of carbonyl (C=O) groups excluding carboxylic acids is 3. The molecule has 2 aromatic rings. The molecule has 0 aromatic heterocycles. The highest BCUT2D eigenvalue weighted by Crippen LogP contribution is 2.34. The second-order valence-corrected chi connectivity index (χ2v) is 8.10. The molecular weight excluding hydrogens is 383 g/mol. The number of ketones is 1. The van der Waals surface area contributed by atoms with Gasteiger partial charge in [0.1, 0.15) is 11.4 Å². The molecular formula is C24H25FN2O3. The summed E-state index contributed by atoms with van der Waals surface area (Å²) in [5.41, 5.74) is 2.21. The van der Waals surface area contributed by atoms with E-state index >= 15 is 0 Å². The van der Waals surface area contributed by atoms with Gasteiger partial charge in [-0.2, -0.15) is 0 Å². The van der Waals surface area contributed by atoms with Gasteiger partial charge in [0.2, 0.25) is 0 Å². The highest BCUT2D eigenvalue weighted by atomic mass is 19.1. The lowest BCUT2D eigenvalue weighted by molar-refractivity contribution is -0.131. The summed E-state index contributed by atoms with van der Waals surface area (Å²) in [6, 6.07) is 10.6. The maximum absolute atomic E-state index is 13.4. The molecule has 30 heavy (non-hydrogen) atoms. The van der Waals surface area contributed by atoms with E-state index in [2.05, 4.69) is 5.32 Å². The van der Waals surface area contributed by atoms with Crippen molar-refractivity contribution in [3.8, 4) is 0 Å². The molecule has 6 heteroatoms. The average molecular weight is 408 g/mol. The molecule has 1 atom stereocenters. The number of halogens is 1. The number of fused-ring (bicyclic) bond motifs is 1. The van der Waals surface area contributed by atoms with Gasteiger partial charge in [0, 0.05) is 5.56 Å². The molecule has 0 radical (unpaired) electrons. The molecule has 0 saturated carbocycles. The Morgan fingerprint density at radius 2 is 1.83 bits per heavy atom. The highest BCUT2D eigenvalue weighted by Gasteiger charge is 2.52. The van der Waals surface area contributed by atoms with E-state index in [0.717, 1.165) is 30.6 Å². The number of aryl methyl sites for hydroxylation is 2. The average Bonchev–Trinajstić information content (AvgIpc) is 3.31. The van der Waals surface area contributed by atoms with E-state index in [1.165, 1.54) is 35.4 Å². The van der Waals surface area contributed by atoms with Crippen LogP contribution in [0.15, 0.2) is 42.5 Å². The summed E-state index contributed by atoms with van der Waals surface area (Å²) in [6.07, 6.45) is 4.98. The second-order valence-electron chi connectivity index (χ2n) is 8.10. The smallest absolute Gasteiger partial charge is 0.319 e. The quantitative estimate of drug-likeness (QED) is 0.553. The van der Waals surface area contributed by atoms with E-state index in [1.54, 1.807) is 6.07 Å². The lowest BCUT2D eigenvalue weighted by atomic mass is 9.84. The molecule has 3 amide bonds. The Morgan fingerprint density at radius 1 is 1.10 bits per heavy atom. The van der Waals surface area contributed by atoms with Crippen molar-refractivity contribution >= 4 is 17.7 Å². The lowest BCUT2D eigenvalue weighted by Gasteiger charge is -2.27. The molecule has 1 N–H and O–H groups in total. The number of Topliss-reactive ketones (excluding diaryl/α,β-unsaturated/α-hetero) is 1. The number of amides is 3. The van der Waals surface area contributed by atoms with Crippen molar-refractivity contribution in [1.29, 1.82) is 0 Å². The fourth-order valence-corrected chi connectivity index (χ4v) is 4.44. The topological polar surface area (TPSA) is 66.5 Å². The first-order chi connectivity index (χ1) is 14.4. The molecule has 1 saturated heterocycles. The molecule has 0 bridgehead atoms. The number of nitrogens with zero attached hydrogens (tertiary/aromatic N) is 1. The number of urea groups is 1. The van der Waals surface area contributed by atoms with Crippen molar-refractivity contribution in [2.75, 3.05) is 6.54 Å². The SMILES string of the molecule is CCCCC1(c2ccc(F)cc2)NC(=O)N(CC(=O)c2ccc3c(c2)CCC3)C1=O. The maximum atomic E-state index is 13.4. The Balaban J connectivity index is 1.60. The van der Waals surface area contributed by atoms with Crippen LogP contribution in [0, 0.1) is 5.82 Å². The zero-order chi connectivity index (χ0) is 21.3. The normalized spacial score (nSPS) is 20.4. The zero-order valence-corrected chi connectivity index (χ0v) is 17.0. The van der Waals surface area contributed by atoms with Crippen molar-refractivity contribution in [3.63, 3.8) is 0 Å². The first kappa shape index (κ1) is 20.3. The summed E-state index contributed by atoms with van der Waals surface area (Å²) in [7, 11) is 0. The first-order valence-electron chi connectivity index (χ1n) is 10.5. The van der Waals surface area contributed by atoms with Crippen LogP contribution in [0.2, 0.25) is 0 Å². The molecule has 4 rings (SSSR count). The van der Waals surface area contributed by atoms with Crippen molar-refractivity contribution in [2.45, 2.75) is 51.0 Å². The van der Waals surface area contributed by atoms with Crippen molar-refractivity contribution < 1.29 is 18.8 Å². The standard InChI is InChI=1S/C24H25FN2O3/c1-2-3-13-24(19-9-11-20(25)12-10-19)22(29)27(23(30)26-24)15-21(28)18-8-7-16-5-4-6-17(16)14-18/h7-12,14H,2-6,13,15H2,1H3,(H,26,30). The van der Waals surface area contributed by atoms with Crippen LogP contribution in [-0.4, -0.2) is 29.2 Å². The minimum atomic E-state index is -1.26. The van der Waals surface area contributed by atoms with Gasteiger partial charge in [-0.3, -0.25) is 14.5 Å². The van der Waals surface area contributed by atoms with Crippen molar-refractivity contribution in [2.24, 2.45) is 0 Å². The Labute approximate surface area is 175 Å². The summed E-state index contributed by atoms with van der Waals surface area (Å²) in [5, 5.41) is 2.80. The molecule has 1 heterocycles. The number of rotatable bonds is 7. The molecule has 0 spiro atoms. The van der Waals surface area contributed by atoms with E-state index in [9.17, 15) is 18.8 Å². The largest absolute Gasteiger partial charge is 0.325 e. The number of hydrogen-bond donors (Lipinski definition) is 1. The zero-order valence-electron chi connectivity index (χ0n) is 17.0.